The lowest BCUT2D eigenvalue weighted by Crippen LogP contribution is -2.37. The van der Waals surface area contributed by atoms with Crippen molar-refractivity contribution >= 4 is 17.5 Å². The Morgan fingerprint density at radius 3 is 2.32 bits per heavy atom. The summed E-state index contributed by atoms with van der Waals surface area (Å²) in [6, 6.07) is 14.3. The van der Waals surface area contributed by atoms with Gasteiger partial charge in [-0.3, -0.25) is 4.79 Å². The minimum atomic E-state index is -0.291. The third-order valence-electron chi connectivity index (χ3n) is 5.98. The smallest absolute Gasteiger partial charge is 0.233 e. The molecule has 3 heteroatoms. The van der Waals surface area contributed by atoms with Gasteiger partial charge in [-0.25, -0.2) is 0 Å². The molecule has 130 valence electrons. The van der Waals surface area contributed by atoms with Crippen LogP contribution in [0, 0.1) is 13.8 Å². The first-order valence-corrected chi connectivity index (χ1v) is 9.50. The summed E-state index contributed by atoms with van der Waals surface area (Å²) in [6.45, 7) is 6.08. The maximum atomic E-state index is 13.3. The molecule has 0 bridgehead atoms. The van der Waals surface area contributed by atoms with Gasteiger partial charge in [0.05, 0.1) is 5.41 Å². The van der Waals surface area contributed by atoms with Crippen molar-refractivity contribution in [2.75, 3.05) is 13.1 Å². The van der Waals surface area contributed by atoms with Crippen LogP contribution in [0.5, 0.6) is 0 Å². The molecule has 1 saturated heterocycles. The van der Waals surface area contributed by atoms with E-state index in [2.05, 4.69) is 36.9 Å². The number of amides is 1. The predicted octanol–water partition coefficient (Wildman–Crippen LogP) is 5.00. The van der Waals surface area contributed by atoms with Crippen molar-refractivity contribution in [1.82, 2.24) is 4.90 Å². The van der Waals surface area contributed by atoms with Crippen LogP contribution in [0.1, 0.15) is 47.4 Å². The van der Waals surface area contributed by atoms with E-state index < -0.39 is 0 Å². The van der Waals surface area contributed by atoms with Crippen LogP contribution in [0.2, 0.25) is 5.02 Å². The Morgan fingerprint density at radius 1 is 1.08 bits per heavy atom. The lowest BCUT2D eigenvalue weighted by molar-refractivity contribution is -0.132. The standard InChI is InChI=1S/C22H24ClNO/c1-15-4-3-5-16(2)20(15)17-10-13-24(14-17)21(25)22(11-12-22)18-6-8-19(23)9-7-18/h3-9,17H,10-14H2,1-2H3. The van der Waals surface area contributed by atoms with Gasteiger partial charge in [0.1, 0.15) is 0 Å². The number of halogens is 1. The first kappa shape index (κ1) is 16.7. The molecule has 0 spiro atoms. The van der Waals surface area contributed by atoms with E-state index in [0.717, 1.165) is 42.9 Å². The lowest BCUT2D eigenvalue weighted by Gasteiger charge is -2.24. The summed E-state index contributed by atoms with van der Waals surface area (Å²) in [5, 5.41) is 0.725. The van der Waals surface area contributed by atoms with Crippen molar-refractivity contribution in [3.05, 3.63) is 69.7 Å². The monoisotopic (exact) mass is 353 g/mol. The van der Waals surface area contributed by atoms with Crippen LogP contribution >= 0.6 is 11.6 Å². The van der Waals surface area contributed by atoms with E-state index >= 15 is 0 Å². The summed E-state index contributed by atoms with van der Waals surface area (Å²) < 4.78 is 0. The predicted molar refractivity (Wildman–Crippen MR) is 102 cm³/mol. The molecule has 2 fully saturated rings. The molecule has 0 N–H and O–H groups in total. The molecular weight excluding hydrogens is 330 g/mol. The lowest BCUT2D eigenvalue weighted by atomic mass is 9.90. The highest BCUT2D eigenvalue weighted by atomic mass is 35.5. The van der Waals surface area contributed by atoms with Gasteiger partial charge in [0.2, 0.25) is 5.91 Å². The third kappa shape index (κ3) is 2.87. The summed E-state index contributed by atoms with van der Waals surface area (Å²) in [6.07, 6.45) is 2.98. The van der Waals surface area contributed by atoms with Gasteiger partial charge in [-0.2, -0.15) is 0 Å². The topological polar surface area (TPSA) is 20.3 Å². The van der Waals surface area contributed by atoms with Crippen LogP contribution in [-0.4, -0.2) is 23.9 Å². The zero-order valence-corrected chi connectivity index (χ0v) is 15.6. The molecule has 2 aromatic rings. The molecule has 2 aliphatic rings. The highest BCUT2D eigenvalue weighted by Crippen LogP contribution is 2.50. The number of aryl methyl sites for hydroxylation is 2. The van der Waals surface area contributed by atoms with Crippen molar-refractivity contribution in [1.29, 1.82) is 0 Å². The van der Waals surface area contributed by atoms with Crippen molar-refractivity contribution in [2.24, 2.45) is 0 Å². The quantitative estimate of drug-likeness (QED) is 0.760. The summed E-state index contributed by atoms with van der Waals surface area (Å²) in [4.78, 5) is 15.3. The Bertz CT molecular complexity index is 787. The molecule has 1 saturated carbocycles. The Morgan fingerprint density at radius 2 is 1.72 bits per heavy atom. The molecule has 1 unspecified atom stereocenters. The number of nitrogens with zero attached hydrogens (tertiary/aromatic N) is 1. The van der Waals surface area contributed by atoms with Crippen LogP contribution < -0.4 is 0 Å². The first-order chi connectivity index (χ1) is 12.0. The minimum absolute atomic E-state index is 0.291. The fourth-order valence-electron chi connectivity index (χ4n) is 4.47. The summed E-state index contributed by atoms with van der Waals surface area (Å²) >= 11 is 6.01. The van der Waals surface area contributed by atoms with Gasteiger partial charge in [0.25, 0.3) is 0 Å². The number of carbonyl (C=O) groups excluding carboxylic acids is 1. The SMILES string of the molecule is Cc1cccc(C)c1C1CCN(C(=O)C2(c3ccc(Cl)cc3)CC2)C1. The van der Waals surface area contributed by atoms with Crippen LogP contribution in [0.25, 0.3) is 0 Å². The average molecular weight is 354 g/mol. The molecule has 1 aliphatic carbocycles. The molecule has 1 heterocycles. The van der Waals surface area contributed by atoms with Crippen LogP contribution in [0.15, 0.2) is 42.5 Å². The summed E-state index contributed by atoms with van der Waals surface area (Å²) in [5.74, 6) is 0.773. The zero-order chi connectivity index (χ0) is 17.6. The molecule has 0 aromatic heterocycles. The fourth-order valence-corrected chi connectivity index (χ4v) is 4.60. The van der Waals surface area contributed by atoms with Crippen LogP contribution in [-0.2, 0) is 10.2 Å². The van der Waals surface area contributed by atoms with E-state index in [9.17, 15) is 4.79 Å². The summed E-state index contributed by atoms with van der Waals surface area (Å²) in [5.41, 5.74) is 4.96. The van der Waals surface area contributed by atoms with E-state index in [1.54, 1.807) is 0 Å². The molecule has 0 radical (unpaired) electrons. The number of hydrogen-bond acceptors (Lipinski definition) is 1. The molecule has 4 rings (SSSR count). The van der Waals surface area contributed by atoms with Crippen LogP contribution in [0.4, 0.5) is 0 Å². The second kappa shape index (κ2) is 6.17. The number of rotatable bonds is 3. The Labute approximate surface area is 154 Å². The van der Waals surface area contributed by atoms with Gasteiger partial charge < -0.3 is 4.90 Å². The second-order valence-corrected chi connectivity index (χ2v) is 8.07. The van der Waals surface area contributed by atoms with Crippen molar-refractivity contribution in [2.45, 2.75) is 44.4 Å². The Kier molecular flexibility index (Phi) is 4.11. The number of hydrogen-bond donors (Lipinski definition) is 0. The number of carbonyl (C=O) groups is 1. The maximum Gasteiger partial charge on any atom is 0.233 e. The van der Waals surface area contributed by atoms with Crippen molar-refractivity contribution in [3.63, 3.8) is 0 Å². The van der Waals surface area contributed by atoms with Gasteiger partial charge >= 0.3 is 0 Å². The van der Waals surface area contributed by atoms with Gasteiger partial charge in [-0.05, 0) is 67.5 Å². The molecule has 25 heavy (non-hydrogen) atoms. The van der Waals surface area contributed by atoms with E-state index in [0.29, 0.717) is 11.8 Å². The number of benzene rings is 2. The maximum absolute atomic E-state index is 13.3. The minimum Gasteiger partial charge on any atom is -0.341 e. The Hall–Kier alpha value is -1.80. The van der Waals surface area contributed by atoms with Gasteiger partial charge in [-0.15, -0.1) is 0 Å². The molecule has 1 atom stereocenters. The zero-order valence-electron chi connectivity index (χ0n) is 14.9. The molecule has 1 aliphatic heterocycles. The molecule has 1 amide bonds. The highest BCUT2D eigenvalue weighted by Gasteiger charge is 2.53. The van der Waals surface area contributed by atoms with E-state index in [-0.39, 0.29) is 5.41 Å². The van der Waals surface area contributed by atoms with Crippen LogP contribution in [0.3, 0.4) is 0 Å². The summed E-state index contributed by atoms with van der Waals surface area (Å²) in [7, 11) is 0. The number of likely N-dealkylation sites (tertiary alicyclic amines) is 1. The molecule has 2 nitrogen and oxygen atoms in total. The normalized spacial score (nSPS) is 21.4. The Balaban J connectivity index is 1.54. The van der Waals surface area contributed by atoms with Gasteiger partial charge in [-0.1, -0.05) is 41.9 Å². The first-order valence-electron chi connectivity index (χ1n) is 9.13. The van der Waals surface area contributed by atoms with Gasteiger partial charge in [0, 0.05) is 24.0 Å². The van der Waals surface area contributed by atoms with E-state index in [4.69, 9.17) is 11.6 Å². The van der Waals surface area contributed by atoms with Crippen molar-refractivity contribution in [3.8, 4) is 0 Å². The van der Waals surface area contributed by atoms with E-state index in [1.165, 1.54) is 16.7 Å². The highest BCUT2D eigenvalue weighted by molar-refractivity contribution is 6.30. The molecular formula is C22H24ClNO. The average Bonchev–Trinajstić information content (AvgIpc) is 3.26. The van der Waals surface area contributed by atoms with E-state index in [1.807, 2.05) is 24.3 Å². The fraction of sp³-hybridized carbons (Fsp3) is 0.409. The second-order valence-electron chi connectivity index (χ2n) is 7.63. The van der Waals surface area contributed by atoms with Gasteiger partial charge in [0.15, 0.2) is 0 Å². The largest absolute Gasteiger partial charge is 0.341 e. The third-order valence-corrected chi connectivity index (χ3v) is 6.23. The molecule has 2 aromatic carbocycles. The van der Waals surface area contributed by atoms with Crippen molar-refractivity contribution < 1.29 is 4.79 Å².